The topological polar surface area (TPSA) is 307 Å². The van der Waals surface area contributed by atoms with Gasteiger partial charge in [-0.15, -0.1) is 0 Å². The van der Waals surface area contributed by atoms with Crippen LogP contribution in [0.2, 0.25) is 0 Å². The molecule has 0 bridgehead atoms. The molecule has 12 N–H and O–H groups in total. The van der Waals surface area contributed by atoms with Crippen molar-refractivity contribution in [2.75, 3.05) is 26.4 Å². The molecule has 3 saturated heterocycles. The Balaban J connectivity index is 1.29. The van der Waals surface area contributed by atoms with Gasteiger partial charge in [0, 0.05) is 6.42 Å². The second kappa shape index (κ2) is 60.9. The lowest BCUT2D eigenvalue weighted by Gasteiger charge is -2.48. The Morgan fingerprint density at radius 1 is 0.370 bits per heavy atom. The molecule has 100 heavy (non-hydrogen) atoms. The Bertz CT molecular complexity index is 2190. The Morgan fingerprint density at radius 2 is 0.690 bits per heavy atom. The van der Waals surface area contributed by atoms with Crippen LogP contribution in [-0.4, -0.2) is 193 Å². The number of unbranched alkanes of at least 4 members (excludes halogenated alkanes) is 29. The van der Waals surface area contributed by atoms with E-state index in [1.807, 2.05) is 0 Å². The smallest absolute Gasteiger partial charge is 0.220 e. The minimum absolute atomic E-state index is 0.244. The molecule has 3 fully saturated rings. The molecule has 0 radical (unpaired) electrons. The highest BCUT2D eigenvalue weighted by atomic mass is 16.8. The molecular weight excluding hydrogens is 1270 g/mol. The lowest BCUT2D eigenvalue weighted by Crippen LogP contribution is -2.66. The summed E-state index contributed by atoms with van der Waals surface area (Å²) in [7, 11) is 0. The van der Waals surface area contributed by atoms with Crippen molar-refractivity contribution in [2.24, 2.45) is 0 Å². The second-order valence-electron chi connectivity index (χ2n) is 27.8. The first-order valence-electron chi connectivity index (χ1n) is 39.5. The van der Waals surface area contributed by atoms with Gasteiger partial charge in [-0.2, -0.15) is 0 Å². The van der Waals surface area contributed by atoms with E-state index < -0.39 is 124 Å². The molecule has 0 aliphatic carbocycles. The fourth-order valence-corrected chi connectivity index (χ4v) is 12.9. The maximum atomic E-state index is 13.5. The predicted octanol–water partition coefficient (Wildman–Crippen LogP) is 12.8. The first-order valence-corrected chi connectivity index (χ1v) is 39.5. The summed E-state index contributed by atoms with van der Waals surface area (Å²) in [4.78, 5) is 13.5. The van der Waals surface area contributed by atoms with Gasteiger partial charge < -0.3 is 89.9 Å². The number of allylic oxidation sites excluding steroid dienone is 16. The van der Waals surface area contributed by atoms with E-state index in [1.54, 1.807) is 0 Å². The van der Waals surface area contributed by atoms with Crippen LogP contribution in [-0.2, 0) is 33.2 Å². The molecular formula is C81H141NO18. The van der Waals surface area contributed by atoms with E-state index in [1.165, 1.54) is 148 Å². The van der Waals surface area contributed by atoms with Gasteiger partial charge in [-0.3, -0.25) is 4.79 Å². The van der Waals surface area contributed by atoms with Crippen molar-refractivity contribution in [3.63, 3.8) is 0 Å². The van der Waals surface area contributed by atoms with Crippen molar-refractivity contribution in [2.45, 2.75) is 381 Å². The Labute approximate surface area is 603 Å². The van der Waals surface area contributed by atoms with Crippen LogP contribution < -0.4 is 5.32 Å². The summed E-state index contributed by atoms with van der Waals surface area (Å²) in [6.45, 7) is 1.69. The average molecular weight is 1420 g/mol. The number of aliphatic hydroxyl groups is 11. The number of carbonyl (C=O) groups is 1. The third-order valence-electron chi connectivity index (χ3n) is 19.2. The van der Waals surface area contributed by atoms with E-state index >= 15 is 0 Å². The summed E-state index contributed by atoms with van der Waals surface area (Å²) in [5.41, 5.74) is 0. The number of nitrogens with one attached hydrogen (secondary N) is 1. The lowest BCUT2D eigenvalue weighted by molar-refractivity contribution is -0.379. The molecule has 19 heteroatoms. The summed E-state index contributed by atoms with van der Waals surface area (Å²) in [6.07, 6.45) is 55.1. The van der Waals surface area contributed by atoms with Gasteiger partial charge >= 0.3 is 0 Å². The van der Waals surface area contributed by atoms with Crippen molar-refractivity contribution in [1.82, 2.24) is 5.32 Å². The highest BCUT2D eigenvalue weighted by molar-refractivity contribution is 5.76. The van der Waals surface area contributed by atoms with E-state index in [-0.39, 0.29) is 18.9 Å². The predicted molar refractivity (Wildman–Crippen MR) is 397 cm³/mol. The monoisotopic (exact) mass is 1420 g/mol. The Morgan fingerprint density at radius 3 is 1.08 bits per heavy atom. The second-order valence-corrected chi connectivity index (χ2v) is 27.8. The fourth-order valence-electron chi connectivity index (χ4n) is 12.9. The molecule has 3 heterocycles. The zero-order valence-electron chi connectivity index (χ0n) is 61.6. The Kier molecular flexibility index (Phi) is 55.4. The molecule has 0 aromatic rings. The van der Waals surface area contributed by atoms with Crippen molar-refractivity contribution in [1.29, 1.82) is 0 Å². The van der Waals surface area contributed by atoms with Crippen molar-refractivity contribution in [3.05, 3.63) is 97.2 Å². The van der Waals surface area contributed by atoms with Gasteiger partial charge in [0.05, 0.1) is 38.6 Å². The van der Waals surface area contributed by atoms with E-state index in [2.05, 4.69) is 116 Å². The molecule has 3 rings (SSSR count). The summed E-state index contributed by atoms with van der Waals surface area (Å²) < 4.78 is 34.4. The minimum atomic E-state index is -1.97. The average Bonchev–Trinajstić information content (AvgIpc) is 0.783. The maximum absolute atomic E-state index is 13.5. The fraction of sp³-hybridized carbons (Fsp3) is 0.790. The van der Waals surface area contributed by atoms with E-state index in [9.17, 15) is 61.0 Å². The molecule has 0 aromatic carbocycles. The molecule has 19 nitrogen and oxygen atoms in total. The van der Waals surface area contributed by atoms with Crippen LogP contribution in [0.4, 0.5) is 0 Å². The number of carbonyl (C=O) groups excluding carboxylic acids is 1. The molecule has 3 aliphatic rings. The van der Waals surface area contributed by atoms with Crippen LogP contribution in [0.25, 0.3) is 0 Å². The van der Waals surface area contributed by atoms with Crippen molar-refractivity contribution >= 4 is 5.91 Å². The number of hydrogen-bond donors (Lipinski definition) is 12. The van der Waals surface area contributed by atoms with Crippen LogP contribution in [0.15, 0.2) is 97.2 Å². The van der Waals surface area contributed by atoms with E-state index in [4.69, 9.17) is 28.4 Å². The highest BCUT2D eigenvalue weighted by Crippen LogP contribution is 2.33. The van der Waals surface area contributed by atoms with Crippen LogP contribution >= 0.6 is 0 Å². The summed E-state index contributed by atoms with van der Waals surface area (Å²) in [6, 6.07) is -0.891. The number of ether oxygens (including phenoxy) is 6. The van der Waals surface area contributed by atoms with Crippen LogP contribution in [0, 0.1) is 0 Å². The third kappa shape index (κ3) is 40.8. The maximum Gasteiger partial charge on any atom is 0.220 e. The van der Waals surface area contributed by atoms with Gasteiger partial charge in [0.2, 0.25) is 5.91 Å². The highest BCUT2D eigenvalue weighted by Gasteiger charge is 2.54. The lowest BCUT2D eigenvalue weighted by atomic mass is 9.96. The van der Waals surface area contributed by atoms with Gasteiger partial charge in [0.25, 0.3) is 0 Å². The largest absolute Gasteiger partial charge is 0.394 e. The minimum Gasteiger partial charge on any atom is -0.394 e. The molecule has 0 saturated carbocycles. The molecule has 578 valence electrons. The van der Waals surface area contributed by atoms with Gasteiger partial charge in [0.15, 0.2) is 18.9 Å². The van der Waals surface area contributed by atoms with Crippen LogP contribution in [0.5, 0.6) is 0 Å². The number of amides is 1. The summed E-state index contributed by atoms with van der Waals surface area (Å²) in [5, 5.41) is 121. The van der Waals surface area contributed by atoms with Crippen LogP contribution in [0.1, 0.15) is 277 Å². The third-order valence-corrected chi connectivity index (χ3v) is 19.2. The first kappa shape index (κ1) is 90.9. The number of hydrogen-bond acceptors (Lipinski definition) is 18. The molecule has 17 atom stereocenters. The zero-order chi connectivity index (χ0) is 72.5. The van der Waals surface area contributed by atoms with E-state index in [0.29, 0.717) is 12.8 Å². The van der Waals surface area contributed by atoms with Crippen LogP contribution in [0.3, 0.4) is 0 Å². The number of aliphatic hydroxyl groups excluding tert-OH is 11. The molecule has 3 aliphatic heterocycles. The quantitative estimate of drug-likeness (QED) is 0.0199. The van der Waals surface area contributed by atoms with Gasteiger partial charge in [-0.1, -0.05) is 291 Å². The van der Waals surface area contributed by atoms with Gasteiger partial charge in [0.1, 0.15) is 73.2 Å². The van der Waals surface area contributed by atoms with Crippen molar-refractivity contribution in [3.8, 4) is 0 Å². The van der Waals surface area contributed by atoms with Gasteiger partial charge in [-0.25, -0.2) is 0 Å². The Hall–Kier alpha value is -3.29. The zero-order valence-corrected chi connectivity index (χ0v) is 61.6. The SMILES string of the molecule is CC/C=C\C/C=C\C/C=C\C/C=C\C/C=C\C/C=C\C/C=C\C/C=C\CCCCCCCCCCCCCCCCCCC(=O)NC(COC1OC(CO)C(OC2OC(CO)C(OC3OC(CO)C(O)C(O)C3O)C(O)C2O)C(O)C1O)C(O)CCCCCCCCCCCCCCCC. The summed E-state index contributed by atoms with van der Waals surface area (Å²) >= 11 is 0. The molecule has 0 spiro atoms. The van der Waals surface area contributed by atoms with Gasteiger partial charge in [-0.05, 0) is 77.0 Å². The van der Waals surface area contributed by atoms with Crippen molar-refractivity contribution < 1.29 is 89.4 Å². The molecule has 17 unspecified atom stereocenters. The summed E-state index contributed by atoms with van der Waals surface area (Å²) in [5.74, 6) is -0.244. The number of rotatable bonds is 61. The first-order chi connectivity index (χ1) is 48.8. The standard InChI is InChI=1S/C81H141NO18/c1-3-5-7-9-11-13-15-17-19-20-21-22-23-24-25-26-27-28-29-30-31-32-33-34-35-36-37-38-39-40-41-42-43-44-45-47-49-51-53-55-57-59-69(87)82-64(65(86)58-56-54-52-50-48-46-18-16-14-12-10-8-6-4-2)63-95-79-75(93)72(90)77(67(61-84)97-79)100-81-76(94)73(91)78(68(62-85)98-81)99-80-74(92)71(89)70(88)66(60-83)96-80/h5,7,11,13,17,19,21-22,24-25,27-28,30-31,33-34,64-68,70-81,83-86,88-94H,3-4,6,8-10,12,14-16,18,20,23,26,29,32,35-63H2,1-2H3,(H,82,87)/b7-5-,13-11-,19-17-,22-21-,25-24-,28-27-,31-30-,34-33-. The molecule has 0 aromatic heterocycles. The molecule has 1 amide bonds. The van der Waals surface area contributed by atoms with E-state index in [0.717, 1.165) is 96.3 Å². The normalized spacial score (nSPS) is 27.0.